The van der Waals surface area contributed by atoms with Gasteiger partial charge in [-0.05, 0) is 30.3 Å². The molecule has 0 fully saturated rings. The lowest BCUT2D eigenvalue weighted by Gasteiger charge is -2.30. The summed E-state index contributed by atoms with van der Waals surface area (Å²) < 4.78 is 0. The second kappa shape index (κ2) is 5.50. The Labute approximate surface area is 138 Å². The van der Waals surface area contributed by atoms with Gasteiger partial charge in [-0.15, -0.1) is 0 Å². The van der Waals surface area contributed by atoms with Crippen LogP contribution in [0.3, 0.4) is 0 Å². The zero-order valence-corrected chi connectivity index (χ0v) is 12.0. The van der Waals surface area contributed by atoms with E-state index in [1.54, 1.807) is 0 Å². The fraction of sp³-hybridized carbons (Fsp3) is 0. The smallest absolute Gasteiger partial charge is 0.156 e. The van der Waals surface area contributed by atoms with Gasteiger partial charge in [0, 0.05) is 6.07 Å². The Kier molecular flexibility index (Phi) is 3.41. The largest absolute Gasteiger partial charge is 0.731 e. The molecule has 0 saturated carbocycles. The van der Waals surface area contributed by atoms with Gasteiger partial charge >= 0.3 is 0 Å². The average molecular weight is 348 g/mol. The lowest BCUT2D eigenvalue weighted by Crippen LogP contribution is -2.20. The minimum absolute atomic E-state index is 0.000122. The van der Waals surface area contributed by atoms with Gasteiger partial charge in [0.05, 0.1) is 28.4 Å². The van der Waals surface area contributed by atoms with E-state index >= 15 is 0 Å². The fourth-order valence-electron chi connectivity index (χ4n) is 2.25. The van der Waals surface area contributed by atoms with E-state index in [4.69, 9.17) is 4.84 Å². The van der Waals surface area contributed by atoms with Gasteiger partial charge in [0.25, 0.3) is 0 Å². The summed E-state index contributed by atoms with van der Waals surface area (Å²) in [4.78, 5) is 13.5. The molecule has 13 heteroatoms. The van der Waals surface area contributed by atoms with Crippen LogP contribution in [0, 0.1) is 26.0 Å². The van der Waals surface area contributed by atoms with E-state index in [1.165, 1.54) is 24.3 Å². The molecule has 0 unspecified atom stereocenters. The van der Waals surface area contributed by atoms with E-state index in [0.29, 0.717) is 0 Å². The number of anilines is 5. The van der Waals surface area contributed by atoms with Crippen molar-refractivity contribution < 1.29 is 14.7 Å². The summed E-state index contributed by atoms with van der Waals surface area (Å²) in [5.74, 6) is -0.0605. The Balaban J connectivity index is 1.56. The van der Waals surface area contributed by atoms with Crippen molar-refractivity contribution >= 4 is 28.4 Å². The Morgan fingerprint density at radius 3 is 1.88 bits per heavy atom. The molecule has 2 aliphatic rings. The Bertz CT molecular complexity index is 822. The maximum atomic E-state index is 12.1. The van der Waals surface area contributed by atoms with Gasteiger partial charge in [0.15, 0.2) is 5.75 Å². The Hall–Kier alpha value is -3.04. The van der Waals surface area contributed by atoms with Crippen molar-refractivity contribution in [1.82, 2.24) is 0 Å². The molecule has 0 aromatic heterocycles. The van der Waals surface area contributed by atoms with Crippen LogP contribution in [0.5, 0.6) is 5.75 Å². The molecule has 25 heavy (non-hydrogen) atoms. The molecule has 2 aliphatic heterocycles. The quantitative estimate of drug-likeness (QED) is 0.740. The normalized spacial score (nSPS) is 15.6. The standard InChI is InChI=1S/C12H6N5O8/c18-13(7-1-3-9-11(5-7)16(21)24-14(9)19)23-8-2-4-10-12(6-8)17(22)25-15(10)20/h1-6H/q-5. The van der Waals surface area contributed by atoms with Crippen molar-refractivity contribution in [2.75, 3.05) is 26.1 Å². The summed E-state index contributed by atoms with van der Waals surface area (Å²) in [6.07, 6.45) is 0. The van der Waals surface area contributed by atoms with E-state index in [2.05, 4.69) is 9.88 Å². The summed E-state index contributed by atoms with van der Waals surface area (Å²) in [6, 6.07) is 7.15. The summed E-state index contributed by atoms with van der Waals surface area (Å²) in [5.41, 5.74) is -0.547. The van der Waals surface area contributed by atoms with Gasteiger partial charge in [0.1, 0.15) is 0 Å². The molecular formula is C12H6N5O8-5. The second-order valence-corrected chi connectivity index (χ2v) is 4.86. The highest BCUT2D eigenvalue weighted by molar-refractivity contribution is 5.78. The minimum Gasteiger partial charge on any atom is -0.731 e. The van der Waals surface area contributed by atoms with Gasteiger partial charge < -0.3 is 30.9 Å². The number of hydrogen-bond acceptors (Lipinski definition) is 13. The number of benzene rings is 2. The molecule has 0 amide bonds. The van der Waals surface area contributed by atoms with Gasteiger partial charge in [-0.2, -0.15) is 9.88 Å². The van der Waals surface area contributed by atoms with Crippen molar-refractivity contribution in [3.63, 3.8) is 0 Å². The maximum Gasteiger partial charge on any atom is 0.156 e. The van der Waals surface area contributed by atoms with E-state index in [1.807, 2.05) is 0 Å². The number of hydrogen-bond donors (Lipinski definition) is 0. The zero-order chi connectivity index (χ0) is 17.7. The minimum atomic E-state index is -0.174. The highest BCUT2D eigenvalue weighted by atomic mass is 17.1. The third-order valence-corrected chi connectivity index (χ3v) is 3.39. The van der Waals surface area contributed by atoms with Gasteiger partial charge in [-0.3, -0.25) is 26.1 Å². The van der Waals surface area contributed by atoms with Crippen molar-refractivity contribution in [3.8, 4) is 5.75 Å². The van der Waals surface area contributed by atoms with Crippen molar-refractivity contribution in [2.24, 2.45) is 0 Å². The van der Waals surface area contributed by atoms with Gasteiger partial charge in [-0.25, -0.2) is 0 Å². The molecule has 0 aliphatic carbocycles. The first kappa shape index (κ1) is 15.5. The summed E-state index contributed by atoms with van der Waals surface area (Å²) in [7, 11) is 0. The third-order valence-electron chi connectivity index (χ3n) is 3.39. The predicted octanol–water partition coefficient (Wildman–Crippen LogP) is 1.92. The Morgan fingerprint density at radius 1 is 0.720 bits per heavy atom. The van der Waals surface area contributed by atoms with Crippen LogP contribution in [0.25, 0.3) is 0 Å². The van der Waals surface area contributed by atoms with Crippen LogP contribution in [-0.2, 0) is 9.88 Å². The van der Waals surface area contributed by atoms with Crippen LogP contribution in [0.15, 0.2) is 36.4 Å². The first-order chi connectivity index (χ1) is 11.9. The molecule has 13 nitrogen and oxygen atoms in total. The Morgan fingerprint density at radius 2 is 1.24 bits per heavy atom. The highest BCUT2D eigenvalue weighted by Gasteiger charge is 2.19. The van der Waals surface area contributed by atoms with E-state index in [0.717, 1.165) is 12.1 Å². The molecule has 0 saturated heterocycles. The predicted molar refractivity (Wildman–Crippen MR) is 84.9 cm³/mol. The van der Waals surface area contributed by atoms with Crippen LogP contribution >= 0.6 is 0 Å². The molecule has 0 spiro atoms. The van der Waals surface area contributed by atoms with Crippen LogP contribution < -0.4 is 31.0 Å². The van der Waals surface area contributed by atoms with Crippen molar-refractivity contribution in [1.29, 1.82) is 0 Å². The molecular weight excluding hydrogens is 342 g/mol. The molecule has 4 rings (SSSR count). The summed E-state index contributed by atoms with van der Waals surface area (Å²) in [5, 5.41) is 57.4. The SMILES string of the molecule is [O-]N(Oc1ccc2c(c1)N([O-])ON2[O-])c1ccc2c(c1)N([O-])ON2[O-]. The number of nitrogens with zero attached hydrogens (tertiary/aromatic N) is 5. The van der Waals surface area contributed by atoms with Crippen LogP contribution in [-0.4, -0.2) is 0 Å². The molecule has 0 radical (unpaired) electrons. The van der Waals surface area contributed by atoms with E-state index < -0.39 is 0 Å². The van der Waals surface area contributed by atoms with Crippen molar-refractivity contribution in [2.45, 2.75) is 0 Å². The third kappa shape index (κ3) is 2.49. The fourth-order valence-corrected chi connectivity index (χ4v) is 2.25. The first-order valence-electron chi connectivity index (χ1n) is 6.62. The summed E-state index contributed by atoms with van der Waals surface area (Å²) in [6.45, 7) is 0. The van der Waals surface area contributed by atoms with Crippen molar-refractivity contribution in [3.05, 3.63) is 62.4 Å². The molecule has 0 bridgehead atoms. The monoisotopic (exact) mass is 348 g/mol. The lowest BCUT2D eigenvalue weighted by atomic mass is 10.2. The van der Waals surface area contributed by atoms with Gasteiger partial charge in [0.2, 0.25) is 0 Å². The molecule has 0 N–H and O–H groups in total. The number of fused-ring (bicyclic) bond motifs is 2. The lowest BCUT2D eigenvalue weighted by molar-refractivity contribution is 0.150. The number of rotatable bonds is 3. The molecule has 132 valence electrons. The topological polar surface area (TPSA) is 159 Å². The second-order valence-electron chi connectivity index (χ2n) is 4.86. The molecule has 2 heterocycles. The van der Waals surface area contributed by atoms with E-state index in [9.17, 15) is 26.0 Å². The zero-order valence-electron chi connectivity index (χ0n) is 12.0. The average Bonchev–Trinajstić information content (AvgIpc) is 3.03. The molecule has 2 aromatic rings. The van der Waals surface area contributed by atoms with E-state index in [-0.39, 0.29) is 60.3 Å². The van der Waals surface area contributed by atoms with Gasteiger partial charge in [-0.1, -0.05) is 0 Å². The van der Waals surface area contributed by atoms with Crippen LogP contribution in [0.1, 0.15) is 0 Å². The van der Waals surface area contributed by atoms with Crippen LogP contribution in [0.4, 0.5) is 28.4 Å². The van der Waals surface area contributed by atoms with Crippen LogP contribution in [0.2, 0.25) is 0 Å². The highest BCUT2D eigenvalue weighted by Crippen LogP contribution is 2.40. The molecule has 0 atom stereocenters. The molecule has 2 aromatic carbocycles. The summed E-state index contributed by atoms with van der Waals surface area (Å²) >= 11 is 0. The maximum absolute atomic E-state index is 12.1. The first-order valence-corrected chi connectivity index (χ1v) is 6.62.